The number of hydrogen-bond acceptors (Lipinski definition) is 7. The Balaban J connectivity index is 1.86. The van der Waals surface area contributed by atoms with Gasteiger partial charge in [-0.15, -0.1) is 0 Å². The first kappa shape index (κ1) is 18.0. The highest BCUT2D eigenvalue weighted by Gasteiger charge is 2.46. The number of benzene rings is 1. The SMILES string of the molecule is COC(=O)C[C@H]1C[C@@H]2c3cc(NS(C)(=O)=O)ccc3O[C@@H]2[C@@H](CO)O1. The van der Waals surface area contributed by atoms with Gasteiger partial charge < -0.3 is 19.3 Å². The number of hydrogen-bond donors (Lipinski definition) is 2. The van der Waals surface area contributed by atoms with Crippen LogP contribution in [-0.4, -0.2) is 57.8 Å². The van der Waals surface area contributed by atoms with E-state index in [2.05, 4.69) is 9.46 Å². The Hall–Kier alpha value is -1.84. The standard InChI is InChI=1S/C16H21NO7S/c1-22-15(19)7-10-6-12-11-5-9(17-25(2,20)21)3-4-13(11)24-16(12)14(8-18)23-10/h3-5,10,12,14,16-18H,6-8H2,1-2H3/t10-,12-,14-,16+/m1/s1. The summed E-state index contributed by atoms with van der Waals surface area (Å²) in [6, 6.07) is 5.05. The van der Waals surface area contributed by atoms with E-state index < -0.39 is 22.2 Å². The molecule has 0 aliphatic carbocycles. The third-order valence-electron chi connectivity index (χ3n) is 4.42. The van der Waals surface area contributed by atoms with Crippen molar-refractivity contribution in [2.45, 2.75) is 37.1 Å². The molecule has 1 fully saturated rings. The Labute approximate surface area is 146 Å². The largest absolute Gasteiger partial charge is 0.487 e. The summed E-state index contributed by atoms with van der Waals surface area (Å²) in [5.41, 5.74) is 1.29. The van der Waals surface area contributed by atoms with Crippen LogP contribution in [0, 0.1) is 0 Å². The molecule has 3 rings (SSSR count). The molecule has 9 heteroatoms. The highest BCUT2D eigenvalue weighted by atomic mass is 32.2. The molecule has 4 atom stereocenters. The van der Waals surface area contributed by atoms with Gasteiger partial charge in [0.15, 0.2) is 0 Å². The van der Waals surface area contributed by atoms with E-state index in [0.717, 1.165) is 11.8 Å². The Morgan fingerprint density at radius 1 is 1.44 bits per heavy atom. The predicted molar refractivity (Wildman–Crippen MR) is 89.1 cm³/mol. The Bertz CT molecular complexity index is 764. The number of sulfonamides is 1. The van der Waals surface area contributed by atoms with Crippen molar-refractivity contribution in [3.05, 3.63) is 23.8 Å². The van der Waals surface area contributed by atoms with Crippen LogP contribution in [0.25, 0.3) is 0 Å². The van der Waals surface area contributed by atoms with Crippen molar-refractivity contribution in [3.8, 4) is 5.75 Å². The quantitative estimate of drug-likeness (QED) is 0.730. The van der Waals surface area contributed by atoms with Crippen LogP contribution in [0.3, 0.4) is 0 Å². The van der Waals surface area contributed by atoms with Crippen molar-refractivity contribution in [2.24, 2.45) is 0 Å². The van der Waals surface area contributed by atoms with Gasteiger partial charge in [-0.25, -0.2) is 8.42 Å². The number of ether oxygens (including phenoxy) is 3. The summed E-state index contributed by atoms with van der Waals surface area (Å²) < 4.78 is 41.7. The maximum Gasteiger partial charge on any atom is 0.308 e. The van der Waals surface area contributed by atoms with Crippen molar-refractivity contribution in [2.75, 3.05) is 24.7 Å². The summed E-state index contributed by atoms with van der Waals surface area (Å²) in [5.74, 6) is 0.151. The molecule has 2 N–H and O–H groups in total. The molecule has 138 valence electrons. The molecular weight excluding hydrogens is 350 g/mol. The van der Waals surface area contributed by atoms with Crippen LogP contribution in [0.2, 0.25) is 0 Å². The van der Waals surface area contributed by atoms with E-state index in [4.69, 9.17) is 9.47 Å². The summed E-state index contributed by atoms with van der Waals surface area (Å²) in [4.78, 5) is 11.6. The van der Waals surface area contributed by atoms with E-state index in [1.807, 2.05) is 0 Å². The van der Waals surface area contributed by atoms with Crippen LogP contribution < -0.4 is 9.46 Å². The molecule has 1 aromatic rings. The number of anilines is 1. The van der Waals surface area contributed by atoms with Gasteiger partial charge in [-0.1, -0.05) is 0 Å². The van der Waals surface area contributed by atoms with E-state index >= 15 is 0 Å². The summed E-state index contributed by atoms with van der Waals surface area (Å²) in [5, 5.41) is 9.62. The lowest BCUT2D eigenvalue weighted by molar-refractivity contribution is -0.156. The molecule has 0 unspecified atom stereocenters. The first-order valence-electron chi connectivity index (χ1n) is 7.92. The zero-order valence-corrected chi connectivity index (χ0v) is 14.8. The van der Waals surface area contributed by atoms with Gasteiger partial charge in [0.05, 0.1) is 32.5 Å². The highest BCUT2D eigenvalue weighted by Crippen LogP contribution is 2.47. The first-order chi connectivity index (χ1) is 11.8. The monoisotopic (exact) mass is 371 g/mol. The topological polar surface area (TPSA) is 111 Å². The maximum absolute atomic E-state index is 11.6. The molecule has 2 heterocycles. The minimum atomic E-state index is -3.39. The molecule has 1 aromatic carbocycles. The van der Waals surface area contributed by atoms with Gasteiger partial charge in [0, 0.05) is 17.2 Å². The molecule has 8 nitrogen and oxygen atoms in total. The third-order valence-corrected chi connectivity index (χ3v) is 5.03. The number of carbonyl (C=O) groups excluding carboxylic acids is 1. The number of fused-ring (bicyclic) bond motifs is 3. The number of esters is 1. The lowest BCUT2D eigenvalue weighted by Crippen LogP contribution is -2.46. The fourth-order valence-electron chi connectivity index (χ4n) is 3.44. The molecule has 1 saturated heterocycles. The van der Waals surface area contributed by atoms with Gasteiger partial charge in [0.25, 0.3) is 0 Å². The number of nitrogens with one attached hydrogen (secondary N) is 1. The molecule has 0 saturated carbocycles. The van der Waals surface area contributed by atoms with Crippen molar-refractivity contribution in [3.63, 3.8) is 0 Å². The van der Waals surface area contributed by atoms with Crippen LogP contribution in [0.15, 0.2) is 18.2 Å². The van der Waals surface area contributed by atoms with E-state index in [9.17, 15) is 18.3 Å². The molecule has 0 radical (unpaired) electrons. The summed E-state index contributed by atoms with van der Waals surface area (Å²) in [6.07, 6.45) is 0.363. The van der Waals surface area contributed by atoms with Crippen LogP contribution in [0.5, 0.6) is 5.75 Å². The Morgan fingerprint density at radius 2 is 2.20 bits per heavy atom. The lowest BCUT2D eigenvalue weighted by atomic mass is 9.84. The van der Waals surface area contributed by atoms with Gasteiger partial charge in [-0.2, -0.15) is 0 Å². The lowest BCUT2D eigenvalue weighted by Gasteiger charge is -2.36. The van der Waals surface area contributed by atoms with Crippen molar-refractivity contribution in [1.82, 2.24) is 0 Å². The van der Waals surface area contributed by atoms with Crippen LogP contribution in [0.1, 0.15) is 24.3 Å². The van der Waals surface area contributed by atoms with Crippen LogP contribution >= 0.6 is 0 Å². The predicted octanol–water partition coefficient (Wildman–Crippen LogP) is 0.616. The van der Waals surface area contributed by atoms with Gasteiger partial charge in [-0.05, 0) is 24.6 Å². The second-order valence-electron chi connectivity index (χ2n) is 6.31. The average molecular weight is 371 g/mol. The van der Waals surface area contributed by atoms with Gasteiger partial charge in [-0.3, -0.25) is 9.52 Å². The van der Waals surface area contributed by atoms with E-state index in [1.54, 1.807) is 18.2 Å². The maximum atomic E-state index is 11.6. The zero-order chi connectivity index (χ0) is 18.2. The van der Waals surface area contributed by atoms with E-state index in [1.165, 1.54) is 7.11 Å². The van der Waals surface area contributed by atoms with Crippen molar-refractivity contribution < 1.29 is 32.5 Å². The smallest absolute Gasteiger partial charge is 0.308 e. The Kier molecular flexibility index (Phi) is 4.90. The van der Waals surface area contributed by atoms with Gasteiger partial charge in [0.1, 0.15) is 18.0 Å². The molecule has 0 amide bonds. The number of aliphatic hydroxyl groups excluding tert-OH is 1. The summed E-state index contributed by atoms with van der Waals surface area (Å²) >= 11 is 0. The van der Waals surface area contributed by atoms with Gasteiger partial charge in [0.2, 0.25) is 10.0 Å². The molecule has 0 aromatic heterocycles. The molecule has 25 heavy (non-hydrogen) atoms. The number of rotatable bonds is 5. The van der Waals surface area contributed by atoms with Crippen LogP contribution in [-0.2, 0) is 24.3 Å². The van der Waals surface area contributed by atoms with E-state index in [0.29, 0.717) is 17.9 Å². The third kappa shape index (κ3) is 3.88. The minimum absolute atomic E-state index is 0.0901. The fraction of sp³-hybridized carbons (Fsp3) is 0.562. The normalized spacial score (nSPS) is 27.8. The number of methoxy groups -OCH3 is 1. The van der Waals surface area contributed by atoms with Crippen molar-refractivity contribution in [1.29, 1.82) is 0 Å². The molecule has 2 aliphatic heterocycles. The first-order valence-corrected chi connectivity index (χ1v) is 9.81. The fourth-order valence-corrected chi connectivity index (χ4v) is 3.99. The summed E-state index contributed by atoms with van der Waals surface area (Å²) in [6.45, 7) is -0.235. The Morgan fingerprint density at radius 3 is 2.84 bits per heavy atom. The molecular formula is C16H21NO7S. The van der Waals surface area contributed by atoms with Crippen LogP contribution in [0.4, 0.5) is 5.69 Å². The average Bonchev–Trinajstić information content (AvgIpc) is 2.90. The highest BCUT2D eigenvalue weighted by molar-refractivity contribution is 7.92. The van der Waals surface area contributed by atoms with Gasteiger partial charge >= 0.3 is 5.97 Å². The zero-order valence-electron chi connectivity index (χ0n) is 14.0. The van der Waals surface area contributed by atoms with Crippen molar-refractivity contribution >= 4 is 21.7 Å². The second kappa shape index (κ2) is 6.81. The molecule has 0 bridgehead atoms. The molecule has 2 aliphatic rings. The minimum Gasteiger partial charge on any atom is -0.487 e. The summed E-state index contributed by atoms with van der Waals surface area (Å²) in [7, 11) is -2.07. The molecule has 0 spiro atoms. The second-order valence-corrected chi connectivity index (χ2v) is 8.06. The number of carbonyl (C=O) groups is 1. The number of aliphatic hydroxyl groups is 1. The van der Waals surface area contributed by atoms with E-state index in [-0.39, 0.29) is 31.0 Å².